The summed E-state index contributed by atoms with van der Waals surface area (Å²) < 4.78 is 31.4. The maximum atomic E-state index is 16.0. The third kappa shape index (κ3) is 7.49. The van der Waals surface area contributed by atoms with Gasteiger partial charge >= 0.3 is 5.69 Å². The molecule has 0 bridgehead atoms. The van der Waals surface area contributed by atoms with Gasteiger partial charge in [-0.05, 0) is 68.2 Å². The van der Waals surface area contributed by atoms with Crippen LogP contribution >= 0.6 is 0 Å². The molecule has 1 aromatic carbocycles. The van der Waals surface area contributed by atoms with E-state index < -0.39 is 35.2 Å². The number of anilines is 2. The van der Waals surface area contributed by atoms with E-state index in [-0.39, 0.29) is 63.6 Å². The van der Waals surface area contributed by atoms with Crippen molar-refractivity contribution in [2.24, 2.45) is 5.92 Å². The molecule has 3 amide bonds. The number of aromatic amines is 1. The molecule has 0 aliphatic carbocycles. The van der Waals surface area contributed by atoms with Crippen LogP contribution in [-0.4, -0.2) is 80.8 Å². The summed E-state index contributed by atoms with van der Waals surface area (Å²) in [5.74, 6) is -2.85. The fourth-order valence-electron chi connectivity index (χ4n) is 6.18. The molecule has 5 rings (SSSR count). The number of hydrogen-bond acceptors (Lipinski definition) is 8. The molecule has 0 radical (unpaired) electrons. The molecule has 0 saturated carbocycles. The summed E-state index contributed by atoms with van der Waals surface area (Å²) in [7, 11) is 1.48. The lowest BCUT2D eigenvalue weighted by Crippen LogP contribution is -2.58. The van der Waals surface area contributed by atoms with E-state index in [0.717, 1.165) is 17.8 Å². The highest BCUT2D eigenvalue weighted by Gasteiger charge is 2.34. The van der Waals surface area contributed by atoms with Crippen molar-refractivity contribution in [1.29, 1.82) is 0 Å². The van der Waals surface area contributed by atoms with Crippen molar-refractivity contribution in [3.63, 3.8) is 0 Å². The predicted molar refractivity (Wildman–Crippen MR) is 192 cm³/mol. The number of nitrogens with one attached hydrogen (secondary N) is 2. The average Bonchev–Trinajstić information content (AvgIpc) is 3.10. The highest BCUT2D eigenvalue weighted by molar-refractivity contribution is 6.02. The van der Waals surface area contributed by atoms with Gasteiger partial charge in [-0.25, -0.2) is 18.6 Å². The first kappa shape index (κ1) is 36.7. The highest BCUT2D eigenvalue weighted by Crippen LogP contribution is 2.33. The molecule has 1 aliphatic rings. The van der Waals surface area contributed by atoms with Gasteiger partial charge in [0.1, 0.15) is 34.8 Å². The molecule has 14 heteroatoms. The minimum Gasteiger partial charge on any atom is -0.349 e. The van der Waals surface area contributed by atoms with Crippen LogP contribution in [0.3, 0.4) is 0 Å². The number of pyridine rings is 2. The van der Waals surface area contributed by atoms with Gasteiger partial charge in [0.15, 0.2) is 0 Å². The van der Waals surface area contributed by atoms with Crippen LogP contribution in [0.5, 0.6) is 0 Å². The van der Waals surface area contributed by atoms with Crippen molar-refractivity contribution < 1.29 is 23.2 Å². The van der Waals surface area contributed by atoms with Gasteiger partial charge in [0.25, 0.3) is 5.91 Å². The molecule has 268 valence electrons. The molecule has 4 aromatic rings. The molecule has 51 heavy (non-hydrogen) atoms. The summed E-state index contributed by atoms with van der Waals surface area (Å²) in [4.78, 5) is 72.1. The number of hydrogen-bond donors (Lipinski definition) is 2. The molecule has 2 N–H and O–H groups in total. The molecule has 0 spiro atoms. The third-order valence-corrected chi connectivity index (χ3v) is 9.14. The van der Waals surface area contributed by atoms with E-state index in [4.69, 9.17) is 0 Å². The van der Waals surface area contributed by atoms with Gasteiger partial charge < -0.3 is 20.0 Å². The number of halogens is 2. The summed E-state index contributed by atoms with van der Waals surface area (Å²) in [6, 6.07) is 6.68. The fraction of sp³-hybridized carbons (Fsp3) is 0.378. The largest absolute Gasteiger partial charge is 0.349 e. The molecule has 1 saturated heterocycles. The van der Waals surface area contributed by atoms with E-state index in [1.165, 1.54) is 30.2 Å². The van der Waals surface area contributed by atoms with Crippen LogP contribution in [0.4, 0.5) is 20.3 Å². The van der Waals surface area contributed by atoms with Crippen molar-refractivity contribution in [3.05, 3.63) is 88.6 Å². The minimum absolute atomic E-state index is 0.0144. The van der Waals surface area contributed by atoms with Crippen molar-refractivity contribution in [3.8, 4) is 11.3 Å². The second-order valence-electron chi connectivity index (χ2n) is 13.5. The van der Waals surface area contributed by atoms with Gasteiger partial charge in [-0.15, -0.1) is 0 Å². The predicted octanol–water partition coefficient (Wildman–Crippen LogP) is 4.81. The molecular weight excluding hydrogens is 658 g/mol. The Bertz CT molecular complexity index is 2070. The van der Waals surface area contributed by atoms with Gasteiger partial charge in [-0.1, -0.05) is 34.3 Å². The summed E-state index contributed by atoms with van der Waals surface area (Å²) in [5.41, 5.74) is -0.0523. The Kier molecular flexibility index (Phi) is 10.6. The van der Waals surface area contributed by atoms with Crippen LogP contribution in [0.15, 0.2) is 60.0 Å². The van der Waals surface area contributed by atoms with E-state index in [0.29, 0.717) is 18.7 Å². The smallest absolute Gasteiger partial charge is 0.348 e. The number of piperazine rings is 1. The highest BCUT2D eigenvalue weighted by atomic mass is 19.1. The lowest BCUT2D eigenvalue weighted by molar-refractivity contribution is -0.128. The Balaban J connectivity index is 1.46. The first-order valence-corrected chi connectivity index (χ1v) is 16.8. The van der Waals surface area contributed by atoms with E-state index in [2.05, 4.69) is 31.8 Å². The van der Waals surface area contributed by atoms with E-state index in [1.807, 2.05) is 32.6 Å². The fourth-order valence-corrected chi connectivity index (χ4v) is 6.18. The number of H-pyrrole nitrogens is 1. The summed E-state index contributed by atoms with van der Waals surface area (Å²) in [6.45, 7) is 15.4. The molecule has 1 unspecified atom stereocenters. The monoisotopic (exact) mass is 700 g/mol. The number of nitrogens with zero attached hydrogens (tertiary/aromatic N) is 6. The second kappa shape index (κ2) is 14.8. The van der Waals surface area contributed by atoms with Crippen LogP contribution in [0.1, 0.15) is 63.5 Å². The lowest BCUT2D eigenvalue weighted by Gasteiger charge is -2.44. The van der Waals surface area contributed by atoms with Gasteiger partial charge in [0.05, 0.1) is 5.39 Å². The zero-order valence-electron chi connectivity index (χ0n) is 29.7. The third-order valence-electron chi connectivity index (χ3n) is 9.14. The maximum absolute atomic E-state index is 16.0. The number of aromatic nitrogens is 4. The van der Waals surface area contributed by atoms with Crippen molar-refractivity contribution in [2.45, 2.75) is 65.6 Å². The first-order chi connectivity index (χ1) is 24.1. The number of carbonyl (C=O) groups is 3. The Hall–Kier alpha value is -5.53. The molecule has 3 atom stereocenters. The van der Waals surface area contributed by atoms with Crippen molar-refractivity contribution in [2.75, 3.05) is 29.9 Å². The Morgan fingerprint density at radius 3 is 2.41 bits per heavy atom. The number of likely N-dealkylation sites (N-methyl/N-ethyl adjacent to an activating group) is 1. The topological polar surface area (TPSA) is 144 Å². The van der Waals surface area contributed by atoms with Crippen LogP contribution in [0, 0.1) is 17.6 Å². The molecule has 12 nitrogen and oxygen atoms in total. The average molecular weight is 701 g/mol. The number of rotatable bonds is 9. The SMILES string of the molecule is C=CC(=O)N1C[C@H](C)N(c2nc(=O)[nH]c3nc(-c4cc(N(C)C(=O)C(NC(=O)c5ccnc(C(C)C)c5)C(C)C)ccc4F)c(F)cc23)C[C@H]1C. The Morgan fingerprint density at radius 1 is 1.02 bits per heavy atom. The van der Waals surface area contributed by atoms with Gasteiger partial charge in [-0.3, -0.25) is 24.4 Å². The van der Waals surface area contributed by atoms with Crippen LogP contribution in [0.2, 0.25) is 0 Å². The molecular formula is C37H42F2N8O4. The van der Waals surface area contributed by atoms with Crippen molar-refractivity contribution >= 4 is 40.3 Å². The number of benzene rings is 1. The van der Waals surface area contributed by atoms with Crippen molar-refractivity contribution in [1.82, 2.24) is 30.2 Å². The van der Waals surface area contributed by atoms with Gasteiger partial charge in [0.2, 0.25) is 11.8 Å². The van der Waals surface area contributed by atoms with Crippen LogP contribution < -0.4 is 20.8 Å². The van der Waals surface area contributed by atoms with E-state index in [1.54, 1.807) is 37.1 Å². The number of carbonyl (C=O) groups excluding carboxylic acids is 3. The van der Waals surface area contributed by atoms with Gasteiger partial charge in [0, 0.05) is 60.9 Å². The van der Waals surface area contributed by atoms with E-state index in [9.17, 15) is 19.2 Å². The Morgan fingerprint density at radius 2 is 1.75 bits per heavy atom. The standard InChI is InChI=1S/C37H42F2N8O4/c1-9-30(48)46-17-22(7)47(18-21(46)6)34-26-16-28(39)32(41-33(26)43-37(51)44-34)25-15-24(10-11-27(25)38)45(8)36(50)31(20(4)5)42-35(49)23-12-13-40-29(14-23)19(2)3/h9-16,19-22,31H,1,17-18H2,2-8H3,(H,42,49)(H,41,43,44,51)/t21-,22+,31?/m1/s1. The maximum Gasteiger partial charge on any atom is 0.348 e. The van der Waals surface area contributed by atoms with Gasteiger partial charge in [-0.2, -0.15) is 4.98 Å². The summed E-state index contributed by atoms with van der Waals surface area (Å²) >= 11 is 0. The van der Waals surface area contributed by atoms with E-state index >= 15 is 8.78 Å². The lowest BCUT2D eigenvalue weighted by atomic mass is 10.0. The molecule has 3 aromatic heterocycles. The Labute approximate surface area is 294 Å². The van der Waals surface area contributed by atoms with Crippen LogP contribution in [-0.2, 0) is 9.59 Å². The number of fused-ring (bicyclic) bond motifs is 1. The second-order valence-corrected chi connectivity index (χ2v) is 13.5. The minimum atomic E-state index is -0.944. The summed E-state index contributed by atoms with van der Waals surface area (Å²) in [6.07, 6.45) is 2.79. The quantitative estimate of drug-likeness (QED) is 0.237. The molecule has 4 heterocycles. The molecule has 1 fully saturated rings. The summed E-state index contributed by atoms with van der Waals surface area (Å²) in [5, 5.41) is 3.02. The normalized spacial score (nSPS) is 16.8. The zero-order chi connectivity index (χ0) is 37.3. The zero-order valence-corrected chi connectivity index (χ0v) is 29.7. The van der Waals surface area contributed by atoms with Crippen LogP contribution in [0.25, 0.3) is 22.3 Å². The number of amides is 3. The molecule has 1 aliphatic heterocycles. The first-order valence-electron chi connectivity index (χ1n) is 16.8.